The minimum absolute atomic E-state index is 0.0707. The number of hydrogen-bond donors (Lipinski definition) is 1. The van der Waals surface area contributed by atoms with E-state index in [-0.39, 0.29) is 11.6 Å². The van der Waals surface area contributed by atoms with Gasteiger partial charge < -0.3 is 5.11 Å². The highest BCUT2D eigenvalue weighted by atomic mass is 16.3. The van der Waals surface area contributed by atoms with Crippen molar-refractivity contribution in [2.75, 3.05) is 6.54 Å². The molecule has 1 rings (SSSR count). The summed E-state index contributed by atoms with van der Waals surface area (Å²) in [5, 5.41) is 9.44. The molecule has 1 aliphatic rings. The van der Waals surface area contributed by atoms with Crippen LogP contribution in [0.2, 0.25) is 0 Å². The van der Waals surface area contributed by atoms with Crippen LogP contribution in [-0.4, -0.2) is 34.2 Å². The summed E-state index contributed by atoms with van der Waals surface area (Å²) in [4.78, 5) is 2.47. The molecule has 0 spiro atoms. The molecule has 0 aromatic rings. The van der Waals surface area contributed by atoms with E-state index in [0.717, 1.165) is 19.4 Å². The van der Waals surface area contributed by atoms with Crippen molar-refractivity contribution in [2.24, 2.45) is 0 Å². The molecule has 0 saturated carbocycles. The Kier molecular flexibility index (Phi) is 2.79. The molecule has 72 valence electrons. The van der Waals surface area contributed by atoms with Crippen LogP contribution in [0.1, 0.15) is 40.5 Å². The molecule has 2 atom stereocenters. The highest BCUT2D eigenvalue weighted by Crippen LogP contribution is 2.25. The maximum absolute atomic E-state index is 9.44. The van der Waals surface area contributed by atoms with E-state index < -0.39 is 0 Å². The first kappa shape index (κ1) is 10.0. The monoisotopic (exact) mass is 171 g/mol. The second-order valence-electron chi connectivity index (χ2n) is 4.89. The molecule has 0 bridgehead atoms. The standard InChI is InChI=1S/C10H21NO/c1-8-7-9(12)5-6-11(8)10(2,3)4/h8-9,12H,5-7H2,1-4H3/t8-,9-/m1/s1. The molecule has 1 saturated heterocycles. The summed E-state index contributed by atoms with van der Waals surface area (Å²) in [6.45, 7) is 9.95. The molecular weight excluding hydrogens is 150 g/mol. The van der Waals surface area contributed by atoms with E-state index in [2.05, 4.69) is 32.6 Å². The molecule has 0 radical (unpaired) electrons. The smallest absolute Gasteiger partial charge is 0.0567 e. The molecule has 0 aromatic heterocycles. The van der Waals surface area contributed by atoms with Crippen LogP contribution in [0.3, 0.4) is 0 Å². The zero-order valence-electron chi connectivity index (χ0n) is 8.67. The van der Waals surface area contributed by atoms with Gasteiger partial charge in [0.25, 0.3) is 0 Å². The predicted octanol–water partition coefficient (Wildman–Crippen LogP) is 1.63. The topological polar surface area (TPSA) is 23.5 Å². The van der Waals surface area contributed by atoms with E-state index >= 15 is 0 Å². The SMILES string of the molecule is C[C@@H]1C[C@H](O)CCN1C(C)(C)C. The summed E-state index contributed by atoms with van der Waals surface area (Å²) < 4.78 is 0. The lowest BCUT2D eigenvalue weighted by atomic mass is 9.94. The predicted molar refractivity (Wildman–Crippen MR) is 51.2 cm³/mol. The van der Waals surface area contributed by atoms with E-state index in [4.69, 9.17) is 0 Å². The molecule has 1 fully saturated rings. The summed E-state index contributed by atoms with van der Waals surface area (Å²) in [6.07, 6.45) is 1.79. The average Bonchev–Trinajstić information content (AvgIpc) is 1.83. The van der Waals surface area contributed by atoms with Gasteiger partial charge in [0, 0.05) is 18.1 Å². The second-order valence-corrected chi connectivity index (χ2v) is 4.89. The van der Waals surface area contributed by atoms with Crippen LogP contribution in [0, 0.1) is 0 Å². The number of rotatable bonds is 0. The zero-order chi connectivity index (χ0) is 9.35. The van der Waals surface area contributed by atoms with Gasteiger partial charge >= 0.3 is 0 Å². The number of likely N-dealkylation sites (tertiary alicyclic amines) is 1. The fraction of sp³-hybridized carbons (Fsp3) is 1.00. The van der Waals surface area contributed by atoms with Crippen molar-refractivity contribution in [1.82, 2.24) is 4.90 Å². The van der Waals surface area contributed by atoms with E-state index in [9.17, 15) is 5.11 Å². The zero-order valence-corrected chi connectivity index (χ0v) is 8.67. The maximum atomic E-state index is 9.44. The molecule has 1 aliphatic heterocycles. The molecule has 2 nitrogen and oxygen atoms in total. The third-order valence-electron chi connectivity index (χ3n) is 2.71. The molecule has 0 amide bonds. The highest BCUT2D eigenvalue weighted by molar-refractivity contribution is 4.86. The van der Waals surface area contributed by atoms with Gasteiger partial charge in [-0.15, -0.1) is 0 Å². The summed E-state index contributed by atoms with van der Waals surface area (Å²) in [6, 6.07) is 0.522. The minimum atomic E-state index is -0.0707. The lowest BCUT2D eigenvalue weighted by Gasteiger charge is -2.44. The van der Waals surface area contributed by atoms with Gasteiger partial charge in [-0.05, 0) is 40.5 Å². The normalized spacial score (nSPS) is 33.8. The average molecular weight is 171 g/mol. The van der Waals surface area contributed by atoms with Crippen molar-refractivity contribution in [2.45, 2.75) is 58.2 Å². The number of nitrogens with zero attached hydrogens (tertiary/aromatic N) is 1. The maximum Gasteiger partial charge on any atom is 0.0567 e. The molecule has 1 N–H and O–H groups in total. The number of piperidine rings is 1. The first-order valence-corrected chi connectivity index (χ1v) is 4.86. The molecule has 0 unspecified atom stereocenters. The summed E-state index contributed by atoms with van der Waals surface area (Å²) in [5.74, 6) is 0. The Hall–Kier alpha value is -0.0800. The van der Waals surface area contributed by atoms with Crippen LogP contribution >= 0.6 is 0 Å². The Balaban J connectivity index is 2.57. The van der Waals surface area contributed by atoms with Crippen LogP contribution < -0.4 is 0 Å². The minimum Gasteiger partial charge on any atom is -0.393 e. The largest absolute Gasteiger partial charge is 0.393 e. The quantitative estimate of drug-likeness (QED) is 0.599. The lowest BCUT2D eigenvalue weighted by Crippen LogP contribution is -2.52. The Bertz CT molecular complexity index is 150. The van der Waals surface area contributed by atoms with Gasteiger partial charge in [-0.2, -0.15) is 0 Å². The first-order valence-electron chi connectivity index (χ1n) is 4.86. The fourth-order valence-electron chi connectivity index (χ4n) is 2.14. The third kappa shape index (κ3) is 2.20. The van der Waals surface area contributed by atoms with Crippen molar-refractivity contribution >= 4 is 0 Å². The van der Waals surface area contributed by atoms with Gasteiger partial charge in [-0.3, -0.25) is 4.90 Å². The van der Waals surface area contributed by atoms with Gasteiger partial charge in [0.05, 0.1) is 6.10 Å². The van der Waals surface area contributed by atoms with Crippen molar-refractivity contribution in [3.8, 4) is 0 Å². The van der Waals surface area contributed by atoms with Crippen LogP contribution in [0.25, 0.3) is 0 Å². The van der Waals surface area contributed by atoms with Gasteiger partial charge in [0.2, 0.25) is 0 Å². The van der Waals surface area contributed by atoms with Crippen molar-refractivity contribution in [1.29, 1.82) is 0 Å². The van der Waals surface area contributed by atoms with Gasteiger partial charge in [0.15, 0.2) is 0 Å². The van der Waals surface area contributed by atoms with E-state index in [1.807, 2.05) is 0 Å². The van der Waals surface area contributed by atoms with E-state index in [0.29, 0.717) is 6.04 Å². The second kappa shape index (κ2) is 3.35. The first-order chi connectivity index (χ1) is 5.41. The van der Waals surface area contributed by atoms with Crippen LogP contribution in [-0.2, 0) is 0 Å². The molecule has 2 heteroatoms. The highest BCUT2D eigenvalue weighted by Gasteiger charge is 2.31. The van der Waals surface area contributed by atoms with E-state index in [1.165, 1.54) is 0 Å². The van der Waals surface area contributed by atoms with Crippen molar-refractivity contribution in [3.05, 3.63) is 0 Å². The number of hydrogen-bond acceptors (Lipinski definition) is 2. The van der Waals surface area contributed by atoms with Gasteiger partial charge in [0.1, 0.15) is 0 Å². The molecule has 0 aromatic carbocycles. The fourth-order valence-corrected chi connectivity index (χ4v) is 2.14. The summed E-state index contributed by atoms with van der Waals surface area (Å²) in [5.41, 5.74) is 0.250. The number of aliphatic hydroxyl groups is 1. The Morgan fingerprint density at radius 2 is 1.92 bits per heavy atom. The summed E-state index contributed by atoms with van der Waals surface area (Å²) >= 11 is 0. The molecule has 12 heavy (non-hydrogen) atoms. The Morgan fingerprint density at radius 1 is 1.33 bits per heavy atom. The van der Waals surface area contributed by atoms with Gasteiger partial charge in [-0.1, -0.05) is 0 Å². The third-order valence-corrected chi connectivity index (χ3v) is 2.71. The van der Waals surface area contributed by atoms with Crippen LogP contribution in [0.5, 0.6) is 0 Å². The lowest BCUT2D eigenvalue weighted by molar-refractivity contribution is 0.000143. The van der Waals surface area contributed by atoms with Crippen LogP contribution in [0.15, 0.2) is 0 Å². The Labute approximate surface area is 75.6 Å². The van der Waals surface area contributed by atoms with Crippen molar-refractivity contribution < 1.29 is 5.11 Å². The Morgan fingerprint density at radius 3 is 2.33 bits per heavy atom. The molecular formula is C10H21NO. The molecule has 1 heterocycles. The molecule has 0 aliphatic carbocycles. The van der Waals surface area contributed by atoms with Gasteiger partial charge in [-0.25, -0.2) is 0 Å². The summed E-state index contributed by atoms with van der Waals surface area (Å²) in [7, 11) is 0. The van der Waals surface area contributed by atoms with Crippen molar-refractivity contribution in [3.63, 3.8) is 0 Å². The van der Waals surface area contributed by atoms with Crippen LogP contribution in [0.4, 0.5) is 0 Å². The number of aliphatic hydroxyl groups excluding tert-OH is 1. The van der Waals surface area contributed by atoms with E-state index in [1.54, 1.807) is 0 Å².